The van der Waals surface area contributed by atoms with Crippen LogP contribution in [0.1, 0.15) is 25.0 Å². The molecule has 0 fully saturated rings. The molecule has 0 aliphatic carbocycles. The van der Waals surface area contributed by atoms with Crippen LogP contribution in [0, 0.1) is 12.8 Å². The number of halogens is 1. The van der Waals surface area contributed by atoms with E-state index in [1.807, 2.05) is 36.4 Å². The molecule has 0 bridgehead atoms. The Kier molecular flexibility index (Phi) is 5.66. The molecule has 2 aromatic rings. The van der Waals surface area contributed by atoms with E-state index < -0.39 is 0 Å². The van der Waals surface area contributed by atoms with Crippen LogP contribution in [0.25, 0.3) is 0 Å². The summed E-state index contributed by atoms with van der Waals surface area (Å²) in [7, 11) is 0. The number of hydrogen-bond donors (Lipinski definition) is 1. The summed E-state index contributed by atoms with van der Waals surface area (Å²) in [5.74, 6) is 2.31. The van der Waals surface area contributed by atoms with E-state index in [0.29, 0.717) is 5.92 Å². The fourth-order valence-electron chi connectivity index (χ4n) is 2.09. The third-order valence-corrected chi connectivity index (χ3v) is 3.34. The zero-order valence-electron chi connectivity index (χ0n) is 12.8. The Morgan fingerprint density at radius 1 is 1.14 bits per heavy atom. The summed E-state index contributed by atoms with van der Waals surface area (Å²) in [4.78, 5) is 0. The Morgan fingerprint density at radius 2 is 1.95 bits per heavy atom. The van der Waals surface area contributed by atoms with Crippen molar-refractivity contribution >= 4 is 11.6 Å². The van der Waals surface area contributed by atoms with Gasteiger partial charge in [-0.2, -0.15) is 0 Å². The molecule has 0 radical (unpaired) electrons. The summed E-state index contributed by atoms with van der Waals surface area (Å²) in [6.45, 7) is 8.15. The molecule has 1 N–H and O–H groups in total. The molecule has 0 saturated carbocycles. The maximum absolute atomic E-state index is 6.10. The van der Waals surface area contributed by atoms with Gasteiger partial charge in [0, 0.05) is 17.1 Å². The molecule has 0 amide bonds. The van der Waals surface area contributed by atoms with Crippen LogP contribution in [-0.4, -0.2) is 6.54 Å². The van der Waals surface area contributed by atoms with Crippen LogP contribution in [0.5, 0.6) is 11.5 Å². The quantitative estimate of drug-likeness (QED) is 0.793. The van der Waals surface area contributed by atoms with Crippen LogP contribution in [0.15, 0.2) is 42.5 Å². The normalized spacial score (nSPS) is 10.9. The first-order valence-corrected chi connectivity index (χ1v) is 7.66. The lowest BCUT2D eigenvalue weighted by atomic mass is 10.1. The Labute approximate surface area is 132 Å². The topological polar surface area (TPSA) is 21.3 Å². The van der Waals surface area contributed by atoms with Gasteiger partial charge in [0.15, 0.2) is 0 Å². The van der Waals surface area contributed by atoms with Crippen LogP contribution in [0.4, 0.5) is 0 Å². The van der Waals surface area contributed by atoms with E-state index in [0.717, 1.165) is 35.2 Å². The third kappa shape index (κ3) is 5.07. The minimum Gasteiger partial charge on any atom is -0.457 e. The van der Waals surface area contributed by atoms with E-state index in [-0.39, 0.29) is 0 Å². The van der Waals surface area contributed by atoms with Gasteiger partial charge in [-0.05, 0) is 55.3 Å². The second kappa shape index (κ2) is 7.48. The Hall–Kier alpha value is -1.51. The average molecular weight is 304 g/mol. The maximum atomic E-state index is 6.10. The predicted molar refractivity (Wildman–Crippen MR) is 89.2 cm³/mol. The van der Waals surface area contributed by atoms with Crippen molar-refractivity contribution in [3.63, 3.8) is 0 Å². The molecule has 3 heteroatoms. The summed E-state index contributed by atoms with van der Waals surface area (Å²) < 4.78 is 6.00. The molecule has 0 aliphatic rings. The van der Waals surface area contributed by atoms with Crippen molar-refractivity contribution < 1.29 is 4.74 Å². The van der Waals surface area contributed by atoms with Crippen LogP contribution in [-0.2, 0) is 6.54 Å². The molecule has 0 spiro atoms. The molecule has 0 saturated heterocycles. The van der Waals surface area contributed by atoms with Crippen LogP contribution >= 0.6 is 11.6 Å². The molecule has 0 atom stereocenters. The SMILES string of the molecule is Cc1cccc(Oc2ccc(Cl)cc2CNCC(C)C)c1. The predicted octanol–water partition coefficient (Wildman–Crippen LogP) is 5.19. The van der Waals surface area contributed by atoms with Crippen molar-refractivity contribution in [2.24, 2.45) is 5.92 Å². The van der Waals surface area contributed by atoms with Crippen molar-refractivity contribution in [3.05, 3.63) is 58.6 Å². The van der Waals surface area contributed by atoms with Crippen molar-refractivity contribution in [1.82, 2.24) is 5.32 Å². The number of rotatable bonds is 6. The highest BCUT2D eigenvalue weighted by atomic mass is 35.5. The maximum Gasteiger partial charge on any atom is 0.132 e. The summed E-state index contributed by atoms with van der Waals surface area (Å²) >= 11 is 6.10. The molecule has 0 heterocycles. The fraction of sp³-hybridized carbons (Fsp3) is 0.333. The van der Waals surface area contributed by atoms with Gasteiger partial charge >= 0.3 is 0 Å². The standard InChI is InChI=1S/C18H22ClNO/c1-13(2)11-20-12-15-10-16(19)7-8-18(15)21-17-6-4-5-14(3)9-17/h4-10,13,20H,11-12H2,1-3H3. The Bertz CT molecular complexity index is 596. The van der Waals surface area contributed by atoms with E-state index in [1.54, 1.807) is 0 Å². The fourth-order valence-corrected chi connectivity index (χ4v) is 2.28. The third-order valence-electron chi connectivity index (χ3n) is 3.11. The highest BCUT2D eigenvalue weighted by Gasteiger charge is 2.07. The van der Waals surface area contributed by atoms with Gasteiger partial charge in [0.2, 0.25) is 0 Å². The first-order chi connectivity index (χ1) is 10.0. The van der Waals surface area contributed by atoms with Crippen molar-refractivity contribution in [1.29, 1.82) is 0 Å². The summed E-state index contributed by atoms with van der Waals surface area (Å²) in [5.41, 5.74) is 2.26. The largest absolute Gasteiger partial charge is 0.457 e. The van der Waals surface area contributed by atoms with E-state index in [4.69, 9.17) is 16.3 Å². The van der Waals surface area contributed by atoms with Crippen molar-refractivity contribution in [3.8, 4) is 11.5 Å². The zero-order valence-corrected chi connectivity index (χ0v) is 13.6. The summed E-state index contributed by atoms with van der Waals surface area (Å²) in [6.07, 6.45) is 0. The van der Waals surface area contributed by atoms with Gasteiger partial charge in [0.1, 0.15) is 11.5 Å². The molecule has 2 nitrogen and oxygen atoms in total. The number of benzene rings is 2. The number of nitrogens with one attached hydrogen (secondary N) is 1. The minimum atomic E-state index is 0.616. The number of hydrogen-bond acceptors (Lipinski definition) is 2. The molecule has 0 aliphatic heterocycles. The number of aryl methyl sites for hydroxylation is 1. The molecular formula is C18H22ClNO. The lowest BCUT2D eigenvalue weighted by molar-refractivity contribution is 0.469. The van der Waals surface area contributed by atoms with Gasteiger partial charge in [0.25, 0.3) is 0 Å². The van der Waals surface area contributed by atoms with Crippen LogP contribution in [0.2, 0.25) is 5.02 Å². The molecular weight excluding hydrogens is 282 g/mol. The molecule has 0 unspecified atom stereocenters. The van der Waals surface area contributed by atoms with E-state index in [9.17, 15) is 0 Å². The van der Waals surface area contributed by atoms with Gasteiger partial charge < -0.3 is 10.1 Å². The van der Waals surface area contributed by atoms with Gasteiger partial charge in [0.05, 0.1) is 0 Å². The van der Waals surface area contributed by atoms with E-state index >= 15 is 0 Å². The lowest BCUT2D eigenvalue weighted by Gasteiger charge is -2.13. The highest BCUT2D eigenvalue weighted by Crippen LogP contribution is 2.28. The van der Waals surface area contributed by atoms with Gasteiger partial charge in [-0.3, -0.25) is 0 Å². The lowest BCUT2D eigenvalue weighted by Crippen LogP contribution is -2.19. The molecule has 2 rings (SSSR count). The minimum absolute atomic E-state index is 0.616. The summed E-state index contributed by atoms with van der Waals surface area (Å²) in [6, 6.07) is 13.8. The van der Waals surface area contributed by atoms with Crippen molar-refractivity contribution in [2.45, 2.75) is 27.3 Å². The molecule has 112 valence electrons. The van der Waals surface area contributed by atoms with Crippen LogP contribution in [0.3, 0.4) is 0 Å². The molecule has 2 aromatic carbocycles. The Morgan fingerprint density at radius 3 is 2.67 bits per heavy atom. The molecule has 0 aromatic heterocycles. The molecule has 21 heavy (non-hydrogen) atoms. The second-order valence-corrected chi connectivity index (χ2v) is 6.13. The smallest absolute Gasteiger partial charge is 0.132 e. The van der Waals surface area contributed by atoms with Crippen LogP contribution < -0.4 is 10.1 Å². The number of ether oxygens (including phenoxy) is 1. The highest BCUT2D eigenvalue weighted by molar-refractivity contribution is 6.30. The monoisotopic (exact) mass is 303 g/mol. The second-order valence-electron chi connectivity index (χ2n) is 5.70. The summed E-state index contributed by atoms with van der Waals surface area (Å²) in [5, 5.41) is 4.16. The first-order valence-electron chi connectivity index (χ1n) is 7.28. The van der Waals surface area contributed by atoms with E-state index in [2.05, 4.69) is 32.2 Å². The van der Waals surface area contributed by atoms with Gasteiger partial charge in [-0.25, -0.2) is 0 Å². The van der Waals surface area contributed by atoms with E-state index in [1.165, 1.54) is 5.56 Å². The van der Waals surface area contributed by atoms with Gasteiger partial charge in [-0.1, -0.05) is 37.6 Å². The first kappa shape index (κ1) is 15.9. The average Bonchev–Trinajstić information content (AvgIpc) is 2.41. The van der Waals surface area contributed by atoms with Crippen molar-refractivity contribution in [2.75, 3.05) is 6.54 Å². The Balaban J connectivity index is 2.14. The zero-order chi connectivity index (χ0) is 15.2. The van der Waals surface area contributed by atoms with Gasteiger partial charge in [-0.15, -0.1) is 0 Å².